The Morgan fingerprint density at radius 1 is 1.32 bits per heavy atom. The van der Waals surface area contributed by atoms with Crippen LogP contribution in [-0.4, -0.2) is 15.5 Å². The number of nitrogens with zero attached hydrogens (tertiary/aromatic N) is 2. The molecule has 0 atom stereocenters. The highest BCUT2D eigenvalue weighted by molar-refractivity contribution is 7.14. The van der Waals surface area contributed by atoms with E-state index in [-0.39, 0.29) is 5.91 Å². The molecule has 0 bridgehead atoms. The Balaban J connectivity index is 1.93. The number of carbonyl (C=O) groups excluding carboxylic acids is 1. The van der Waals surface area contributed by atoms with Gasteiger partial charge in [-0.25, -0.2) is 4.98 Å². The Kier molecular flexibility index (Phi) is 3.98. The van der Waals surface area contributed by atoms with Gasteiger partial charge < -0.3 is 4.57 Å². The summed E-state index contributed by atoms with van der Waals surface area (Å²) >= 11 is 1.54. The molecule has 3 rings (SSSR count). The van der Waals surface area contributed by atoms with Gasteiger partial charge >= 0.3 is 0 Å². The Morgan fingerprint density at radius 3 is 2.77 bits per heavy atom. The molecule has 0 saturated carbocycles. The van der Waals surface area contributed by atoms with Gasteiger partial charge in [-0.3, -0.25) is 10.1 Å². The highest BCUT2D eigenvalue weighted by Crippen LogP contribution is 2.24. The third-order valence-corrected chi connectivity index (χ3v) is 4.91. The number of hydrogen-bond acceptors (Lipinski definition) is 3. The summed E-state index contributed by atoms with van der Waals surface area (Å²) in [6.07, 6.45) is 0.948. The highest BCUT2D eigenvalue weighted by atomic mass is 32.1. The fraction of sp³-hybridized carbons (Fsp3) is 0.294. The van der Waals surface area contributed by atoms with E-state index < -0.39 is 0 Å². The molecule has 3 aromatic rings. The zero-order valence-electron chi connectivity index (χ0n) is 13.0. The molecule has 114 valence electrons. The zero-order valence-corrected chi connectivity index (χ0v) is 13.8. The van der Waals surface area contributed by atoms with Crippen molar-refractivity contribution in [2.45, 2.75) is 33.7 Å². The lowest BCUT2D eigenvalue weighted by atomic mass is 10.2. The number of thiophene rings is 1. The average molecular weight is 313 g/mol. The molecular weight excluding hydrogens is 294 g/mol. The molecular formula is C17H19N3OS. The smallest absolute Gasteiger partial charge is 0.268 e. The van der Waals surface area contributed by atoms with E-state index in [1.807, 2.05) is 41.8 Å². The first-order valence-corrected chi connectivity index (χ1v) is 8.31. The summed E-state index contributed by atoms with van der Waals surface area (Å²) in [5.74, 6) is 0.524. The largest absolute Gasteiger partial charge is 0.310 e. The molecule has 0 unspecified atom stereocenters. The van der Waals surface area contributed by atoms with Crippen molar-refractivity contribution in [2.75, 3.05) is 5.32 Å². The van der Waals surface area contributed by atoms with E-state index >= 15 is 0 Å². The minimum absolute atomic E-state index is 0.0854. The molecule has 0 aliphatic rings. The minimum Gasteiger partial charge on any atom is -0.310 e. The Morgan fingerprint density at radius 2 is 2.09 bits per heavy atom. The number of fused-ring (bicyclic) bond motifs is 1. The quantitative estimate of drug-likeness (QED) is 0.783. The number of aryl methyl sites for hydroxylation is 3. The van der Waals surface area contributed by atoms with Crippen LogP contribution in [0, 0.1) is 6.92 Å². The SMILES string of the molecule is CCc1cc(C(=O)Nc2nc3ccccc3n2CC)sc1C. The van der Waals surface area contributed by atoms with Crippen LogP contribution in [0.15, 0.2) is 30.3 Å². The van der Waals surface area contributed by atoms with Crippen LogP contribution >= 0.6 is 11.3 Å². The lowest BCUT2D eigenvalue weighted by Gasteiger charge is -2.06. The van der Waals surface area contributed by atoms with Gasteiger partial charge in [0.2, 0.25) is 5.95 Å². The van der Waals surface area contributed by atoms with Crippen molar-refractivity contribution in [1.29, 1.82) is 0 Å². The molecule has 1 N–H and O–H groups in total. The molecule has 0 aliphatic carbocycles. The lowest BCUT2D eigenvalue weighted by Crippen LogP contribution is -2.14. The molecule has 1 aromatic carbocycles. The first-order valence-electron chi connectivity index (χ1n) is 7.50. The normalized spacial score (nSPS) is 11.0. The molecule has 1 amide bonds. The number of benzene rings is 1. The summed E-state index contributed by atoms with van der Waals surface area (Å²) in [6, 6.07) is 9.90. The van der Waals surface area contributed by atoms with Crippen molar-refractivity contribution >= 4 is 34.2 Å². The van der Waals surface area contributed by atoms with Crippen molar-refractivity contribution in [3.8, 4) is 0 Å². The number of nitrogens with one attached hydrogen (secondary N) is 1. The van der Waals surface area contributed by atoms with Crippen LogP contribution in [0.3, 0.4) is 0 Å². The number of imidazole rings is 1. The molecule has 22 heavy (non-hydrogen) atoms. The summed E-state index contributed by atoms with van der Waals surface area (Å²) in [7, 11) is 0. The molecule has 0 radical (unpaired) electrons. The minimum atomic E-state index is -0.0854. The van der Waals surface area contributed by atoms with Gasteiger partial charge in [0.25, 0.3) is 5.91 Å². The maximum atomic E-state index is 12.5. The Hall–Kier alpha value is -2.14. The van der Waals surface area contributed by atoms with Crippen molar-refractivity contribution in [3.63, 3.8) is 0 Å². The van der Waals surface area contributed by atoms with E-state index in [2.05, 4.69) is 24.1 Å². The second-order valence-electron chi connectivity index (χ2n) is 5.17. The molecule has 2 aromatic heterocycles. The van der Waals surface area contributed by atoms with Gasteiger partial charge in [0.1, 0.15) is 0 Å². The first-order chi connectivity index (χ1) is 10.6. The summed E-state index contributed by atoms with van der Waals surface area (Å²) < 4.78 is 2.02. The van der Waals surface area contributed by atoms with Crippen LogP contribution < -0.4 is 5.32 Å². The van der Waals surface area contributed by atoms with Crippen LogP contribution in [0.5, 0.6) is 0 Å². The van der Waals surface area contributed by atoms with Gasteiger partial charge in [-0.2, -0.15) is 0 Å². The predicted molar refractivity (Wildman–Crippen MR) is 91.8 cm³/mol. The van der Waals surface area contributed by atoms with Gasteiger partial charge in [-0.05, 0) is 44.0 Å². The van der Waals surface area contributed by atoms with Gasteiger partial charge in [-0.15, -0.1) is 11.3 Å². The predicted octanol–water partition coefficient (Wildman–Crippen LogP) is 4.24. The summed E-state index contributed by atoms with van der Waals surface area (Å²) in [4.78, 5) is 19.0. The van der Waals surface area contributed by atoms with Crippen molar-refractivity contribution < 1.29 is 4.79 Å². The van der Waals surface area contributed by atoms with Crippen molar-refractivity contribution in [3.05, 3.63) is 45.6 Å². The van der Waals surface area contributed by atoms with Gasteiger partial charge in [0, 0.05) is 11.4 Å². The molecule has 0 aliphatic heterocycles. The zero-order chi connectivity index (χ0) is 15.7. The lowest BCUT2D eigenvalue weighted by molar-refractivity contribution is 0.102. The van der Waals surface area contributed by atoms with E-state index in [4.69, 9.17) is 0 Å². The average Bonchev–Trinajstić information content (AvgIpc) is 3.06. The second-order valence-corrected chi connectivity index (χ2v) is 6.42. The third-order valence-electron chi connectivity index (χ3n) is 3.82. The van der Waals surface area contributed by atoms with E-state index in [0.717, 1.165) is 28.9 Å². The number of aromatic nitrogens is 2. The fourth-order valence-corrected chi connectivity index (χ4v) is 3.65. The number of hydrogen-bond donors (Lipinski definition) is 1. The van der Waals surface area contributed by atoms with E-state index in [1.165, 1.54) is 21.8 Å². The molecule has 4 nitrogen and oxygen atoms in total. The molecule has 2 heterocycles. The topological polar surface area (TPSA) is 46.9 Å². The number of para-hydroxylation sites is 2. The number of rotatable bonds is 4. The van der Waals surface area contributed by atoms with Crippen LogP contribution in [0.1, 0.15) is 34.0 Å². The first kappa shape index (κ1) is 14.8. The molecule has 0 fully saturated rings. The fourth-order valence-electron chi connectivity index (χ4n) is 2.64. The second kappa shape index (κ2) is 5.93. The Bertz CT molecular complexity index is 832. The van der Waals surface area contributed by atoms with Crippen LogP contribution in [0.4, 0.5) is 5.95 Å². The summed E-state index contributed by atoms with van der Waals surface area (Å²) in [5.41, 5.74) is 3.17. The summed E-state index contributed by atoms with van der Waals surface area (Å²) in [6.45, 7) is 6.98. The number of carbonyl (C=O) groups is 1. The van der Waals surface area contributed by atoms with Gasteiger partial charge in [-0.1, -0.05) is 19.1 Å². The monoisotopic (exact) mass is 313 g/mol. The molecule has 5 heteroatoms. The van der Waals surface area contributed by atoms with E-state index in [0.29, 0.717) is 5.95 Å². The highest BCUT2D eigenvalue weighted by Gasteiger charge is 2.16. The number of amides is 1. The number of anilines is 1. The molecule has 0 spiro atoms. The van der Waals surface area contributed by atoms with E-state index in [9.17, 15) is 4.79 Å². The maximum Gasteiger partial charge on any atom is 0.268 e. The third kappa shape index (κ3) is 2.52. The van der Waals surface area contributed by atoms with Crippen molar-refractivity contribution in [2.24, 2.45) is 0 Å². The standard InChI is InChI=1S/C17H19N3OS/c1-4-12-10-15(22-11(12)3)16(21)19-17-18-13-8-6-7-9-14(13)20(17)5-2/h6-10H,4-5H2,1-3H3,(H,18,19,21). The van der Waals surface area contributed by atoms with Crippen molar-refractivity contribution in [1.82, 2.24) is 9.55 Å². The van der Waals surface area contributed by atoms with Crippen LogP contribution in [-0.2, 0) is 13.0 Å². The summed E-state index contributed by atoms with van der Waals surface area (Å²) in [5, 5.41) is 2.96. The van der Waals surface area contributed by atoms with Gasteiger partial charge in [0.05, 0.1) is 15.9 Å². The molecule has 0 saturated heterocycles. The van der Waals surface area contributed by atoms with E-state index in [1.54, 1.807) is 0 Å². The maximum absolute atomic E-state index is 12.5. The van der Waals surface area contributed by atoms with Crippen LogP contribution in [0.25, 0.3) is 11.0 Å². The van der Waals surface area contributed by atoms with Gasteiger partial charge in [0.15, 0.2) is 0 Å². The van der Waals surface area contributed by atoms with Crippen LogP contribution in [0.2, 0.25) is 0 Å². The Labute approximate surface area is 133 Å².